The Hall–Kier alpha value is -0.120. The lowest BCUT2D eigenvalue weighted by atomic mass is 9.71. The molecule has 0 aliphatic heterocycles. The molecule has 1 N–H and O–H groups in total. The maximum Gasteiger partial charge on any atom is 0.0700 e. The number of methoxy groups -OCH3 is 1. The average molecular weight is 285 g/mol. The standard InChI is InChI=1S/C17H35NO2/c1-16(2)14-18-15-17(8-5-4-6-9-17)10-7-11-20-13-12-19-3/h16,18H,4-15H2,1-3H3. The summed E-state index contributed by atoms with van der Waals surface area (Å²) in [5, 5.41) is 3.70. The zero-order valence-electron chi connectivity index (χ0n) is 13.9. The SMILES string of the molecule is COCCOCCCC1(CNCC(C)C)CCCCC1. The van der Waals surface area contributed by atoms with Crippen LogP contribution in [0.5, 0.6) is 0 Å². The fourth-order valence-electron chi connectivity index (χ4n) is 3.24. The van der Waals surface area contributed by atoms with Crippen molar-refractivity contribution in [3.05, 3.63) is 0 Å². The molecule has 1 fully saturated rings. The summed E-state index contributed by atoms with van der Waals surface area (Å²) in [6.45, 7) is 9.23. The molecule has 0 aromatic rings. The predicted octanol–water partition coefficient (Wildman–Crippen LogP) is 3.63. The maximum atomic E-state index is 5.61. The molecule has 3 nitrogen and oxygen atoms in total. The first-order chi connectivity index (χ1) is 9.68. The van der Waals surface area contributed by atoms with Gasteiger partial charge in [-0.15, -0.1) is 0 Å². The molecule has 1 aliphatic carbocycles. The van der Waals surface area contributed by atoms with Crippen molar-refractivity contribution >= 4 is 0 Å². The van der Waals surface area contributed by atoms with Gasteiger partial charge in [0.15, 0.2) is 0 Å². The summed E-state index contributed by atoms with van der Waals surface area (Å²) < 4.78 is 10.6. The molecular formula is C17H35NO2. The summed E-state index contributed by atoms with van der Waals surface area (Å²) in [5.74, 6) is 0.744. The van der Waals surface area contributed by atoms with Gasteiger partial charge in [-0.1, -0.05) is 33.1 Å². The van der Waals surface area contributed by atoms with Crippen molar-refractivity contribution < 1.29 is 9.47 Å². The Bertz CT molecular complexity index is 225. The van der Waals surface area contributed by atoms with E-state index in [9.17, 15) is 0 Å². The van der Waals surface area contributed by atoms with E-state index in [1.165, 1.54) is 51.5 Å². The van der Waals surface area contributed by atoms with E-state index in [0.29, 0.717) is 12.0 Å². The third kappa shape index (κ3) is 7.61. The van der Waals surface area contributed by atoms with Gasteiger partial charge in [0.05, 0.1) is 13.2 Å². The Morgan fingerprint density at radius 1 is 1.05 bits per heavy atom. The molecule has 0 heterocycles. The van der Waals surface area contributed by atoms with Crippen LogP contribution in [-0.4, -0.2) is 40.0 Å². The summed E-state index contributed by atoms with van der Waals surface area (Å²) >= 11 is 0. The minimum Gasteiger partial charge on any atom is -0.382 e. The van der Waals surface area contributed by atoms with Crippen LogP contribution >= 0.6 is 0 Å². The zero-order valence-corrected chi connectivity index (χ0v) is 13.9. The predicted molar refractivity (Wildman–Crippen MR) is 85.2 cm³/mol. The zero-order chi connectivity index (χ0) is 14.7. The first-order valence-corrected chi connectivity index (χ1v) is 8.46. The van der Waals surface area contributed by atoms with Gasteiger partial charge >= 0.3 is 0 Å². The summed E-state index contributed by atoms with van der Waals surface area (Å²) in [5.41, 5.74) is 0.539. The van der Waals surface area contributed by atoms with Crippen molar-refractivity contribution in [2.75, 3.05) is 40.0 Å². The lowest BCUT2D eigenvalue weighted by Gasteiger charge is -2.38. The van der Waals surface area contributed by atoms with E-state index in [4.69, 9.17) is 9.47 Å². The lowest BCUT2D eigenvalue weighted by Crippen LogP contribution is -2.37. The number of nitrogens with one attached hydrogen (secondary N) is 1. The number of rotatable bonds is 11. The molecule has 0 saturated heterocycles. The number of hydrogen-bond acceptors (Lipinski definition) is 3. The highest BCUT2D eigenvalue weighted by molar-refractivity contribution is 4.85. The molecule has 0 unspecified atom stereocenters. The first-order valence-electron chi connectivity index (χ1n) is 8.46. The van der Waals surface area contributed by atoms with Gasteiger partial charge in [0.25, 0.3) is 0 Å². The Morgan fingerprint density at radius 2 is 1.80 bits per heavy atom. The summed E-state index contributed by atoms with van der Waals surface area (Å²) in [4.78, 5) is 0. The van der Waals surface area contributed by atoms with Crippen molar-refractivity contribution in [2.45, 2.75) is 58.8 Å². The molecule has 120 valence electrons. The van der Waals surface area contributed by atoms with Gasteiger partial charge in [0.2, 0.25) is 0 Å². The van der Waals surface area contributed by atoms with E-state index in [0.717, 1.165) is 25.7 Å². The van der Waals surface area contributed by atoms with Crippen molar-refractivity contribution in [2.24, 2.45) is 11.3 Å². The van der Waals surface area contributed by atoms with Crippen LogP contribution in [0.4, 0.5) is 0 Å². The van der Waals surface area contributed by atoms with Crippen LogP contribution < -0.4 is 5.32 Å². The summed E-state index contributed by atoms with van der Waals surface area (Å²) in [6.07, 6.45) is 9.54. The van der Waals surface area contributed by atoms with Crippen LogP contribution in [0.15, 0.2) is 0 Å². The second kappa shape index (κ2) is 10.6. The van der Waals surface area contributed by atoms with Crippen molar-refractivity contribution in [3.63, 3.8) is 0 Å². The van der Waals surface area contributed by atoms with E-state index in [-0.39, 0.29) is 0 Å². The quantitative estimate of drug-likeness (QED) is 0.588. The second-order valence-electron chi connectivity index (χ2n) is 6.79. The minimum atomic E-state index is 0.539. The van der Waals surface area contributed by atoms with Gasteiger partial charge < -0.3 is 14.8 Å². The Kier molecular flexibility index (Phi) is 9.49. The smallest absolute Gasteiger partial charge is 0.0700 e. The molecule has 0 radical (unpaired) electrons. The highest BCUT2D eigenvalue weighted by Crippen LogP contribution is 2.39. The molecule has 0 aromatic carbocycles. The molecule has 1 aliphatic rings. The van der Waals surface area contributed by atoms with E-state index in [2.05, 4.69) is 19.2 Å². The van der Waals surface area contributed by atoms with Gasteiger partial charge in [0, 0.05) is 20.3 Å². The van der Waals surface area contributed by atoms with Crippen LogP contribution in [-0.2, 0) is 9.47 Å². The van der Waals surface area contributed by atoms with E-state index in [1.807, 2.05) is 0 Å². The molecule has 0 atom stereocenters. The van der Waals surface area contributed by atoms with Crippen LogP contribution in [0.1, 0.15) is 58.8 Å². The maximum absolute atomic E-state index is 5.61. The van der Waals surface area contributed by atoms with Crippen molar-refractivity contribution in [3.8, 4) is 0 Å². The van der Waals surface area contributed by atoms with Gasteiger partial charge in [-0.25, -0.2) is 0 Å². The second-order valence-corrected chi connectivity index (χ2v) is 6.79. The van der Waals surface area contributed by atoms with Crippen LogP contribution in [0, 0.1) is 11.3 Å². The average Bonchev–Trinajstić information content (AvgIpc) is 2.43. The number of ether oxygens (including phenoxy) is 2. The van der Waals surface area contributed by atoms with Crippen molar-refractivity contribution in [1.29, 1.82) is 0 Å². The fourth-order valence-corrected chi connectivity index (χ4v) is 3.24. The topological polar surface area (TPSA) is 30.5 Å². The summed E-state index contributed by atoms with van der Waals surface area (Å²) in [6, 6.07) is 0. The number of hydrogen-bond donors (Lipinski definition) is 1. The van der Waals surface area contributed by atoms with Gasteiger partial charge in [-0.2, -0.15) is 0 Å². The van der Waals surface area contributed by atoms with E-state index < -0.39 is 0 Å². The Morgan fingerprint density at radius 3 is 2.45 bits per heavy atom. The van der Waals surface area contributed by atoms with E-state index in [1.54, 1.807) is 7.11 Å². The molecule has 3 heteroatoms. The Labute approximate surface area is 125 Å². The molecule has 0 spiro atoms. The van der Waals surface area contributed by atoms with Crippen LogP contribution in [0.25, 0.3) is 0 Å². The first kappa shape index (κ1) is 17.9. The highest BCUT2D eigenvalue weighted by Gasteiger charge is 2.30. The molecule has 0 amide bonds. The van der Waals surface area contributed by atoms with Crippen molar-refractivity contribution in [1.82, 2.24) is 5.32 Å². The largest absolute Gasteiger partial charge is 0.382 e. The third-order valence-electron chi connectivity index (χ3n) is 4.39. The normalized spacial score (nSPS) is 18.6. The molecule has 0 bridgehead atoms. The molecular weight excluding hydrogens is 250 g/mol. The Balaban J connectivity index is 2.24. The molecule has 1 rings (SSSR count). The summed E-state index contributed by atoms with van der Waals surface area (Å²) in [7, 11) is 1.72. The highest BCUT2D eigenvalue weighted by atomic mass is 16.5. The van der Waals surface area contributed by atoms with Crippen LogP contribution in [0.3, 0.4) is 0 Å². The molecule has 1 saturated carbocycles. The van der Waals surface area contributed by atoms with Gasteiger partial charge in [0.1, 0.15) is 0 Å². The fraction of sp³-hybridized carbons (Fsp3) is 1.00. The third-order valence-corrected chi connectivity index (χ3v) is 4.39. The van der Waals surface area contributed by atoms with Gasteiger partial charge in [-0.3, -0.25) is 0 Å². The molecule has 20 heavy (non-hydrogen) atoms. The van der Waals surface area contributed by atoms with E-state index >= 15 is 0 Å². The molecule has 0 aromatic heterocycles. The van der Waals surface area contributed by atoms with Crippen LogP contribution in [0.2, 0.25) is 0 Å². The lowest BCUT2D eigenvalue weighted by molar-refractivity contribution is 0.0593. The minimum absolute atomic E-state index is 0.539. The van der Waals surface area contributed by atoms with Gasteiger partial charge in [-0.05, 0) is 43.6 Å². The monoisotopic (exact) mass is 285 g/mol.